The molecule has 1 aromatic rings. The molecule has 0 saturated carbocycles. The number of pyridine rings is 1. The molecule has 0 atom stereocenters. The molecule has 2 heterocycles. The van der Waals surface area contributed by atoms with Crippen molar-refractivity contribution < 1.29 is 14.0 Å². The van der Waals surface area contributed by atoms with Gasteiger partial charge in [0.25, 0.3) is 5.91 Å². The Morgan fingerprint density at radius 2 is 2.24 bits per heavy atom. The zero-order valence-corrected chi connectivity index (χ0v) is 12.2. The summed E-state index contributed by atoms with van der Waals surface area (Å²) < 4.78 is 14.3. The van der Waals surface area contributed by atoms with Gasteiger partial charge in [-0.05, 0) is 12.5 Å². The SMILES string of the molecule is CCCNc1nccc(C(=O)N2CCN(C)C(=O)C2)c1F. The highest BCUT2D eigenvalue weighted by Gasteiger charge is 2.28. The summed E-state index contributed by atoms with van der Waals surface area (Å²) in [6.45, 7) is 3.37. The van der Waals surface area contributed by atoms with E-state index in [1.165, 1.54) is 17.2 Å². The molecule has 6 nitrogen and oxygen atoms in total. The second-order valence-electron chi connectivity index (χ2n) is 4.99. The summed E-state index contributed by atoms with van der Waals surface area (Å²) in [6.07, 6.45) is 2.22. The molecule has 2 amide bonds. The lowest BCUT2D eigenvalue weighted by atomic mass is 10.2. The maximum atomic E-state index is 14.3. The Hall–Kier alpha value is -2.18. The van der Waals surface area contributed by atoms with Crippen LogP contribution in [0.4, 0.5) is 10.2 Å². The number of carbonyl (C=O) groups is 2. The number of hydrogen-bond donors (Lipinski definition) is 1. The number of carbonyl (C=O) groups excluding carboxylic acids is 2. The van der Waals surface area contributed by atoms with Gasteiger partial charge in [-0.2, -0.15) is 0 Å². The van der Waals surface area contributed by atoms with Crippen LogP contribution in [0.2, 0.25) is 0 Å². The number of anilines is 1. The van der Waals surface area contributed by atoms with Crippen LogP contribution < -0.4 is 5.32 Å². The second-order valence-corrected chi connectivity index (χ2v) is 4.99. The number of nitrogens with zero attached hydrogens (tertiary/aromatic N) is 3. The van der Waals surface area contributed by atoms with E-state index in [1.54, 1.807) is 11.9 Å². The topological polar surface area (TPSA) is 65.5 Å². The molecule has 0 spiro atoms. The van der Waals surface area contributed by atoms with E-state index >= 15 is 0 Å². The molecule has 2 rings (SSSR count). The van der Waals surface area contributed by atoms with Crippen LogP contribution in [0.15, 0.2) is 12.3 Å². The maximum absolute atomic E-state index is 14.3. The molecule has 1 aromatic heterocycles. The molecule has 1 fully saturated rings. The summed E-state index contributed by atoms with van der Waals surface area (Å²) in [5.41, 5.74) is -0.0547. The highest BCUT2D eigenvalue weighted by molar-refractivity contribution is 5.97. The van der Waals surface area contributed by atoms with Crippen LogP contribution in [0.3, 0.4) is 0 Å². The number of likely N-dealkylation sites (N-methyl/N-ethyl adjacent to an activating group) is 1. The van der Waals surface area contributed by atoms with Crippen LogP contribution in [0.25, 0.3) is 0 Å². The Morgan fingerprint density at radius 1 is 1.48 bits per heavy atom. The Balaban J connectivity index is 2.17. The maximum Gasteiger partial charge on any atom is 0.257 e. The van der Waals surface area contributed by atoms with Crippen molar-refractivity contribution in [2.45, 2.75) is 13.3 Å². The quantitative estimate of drug-likeness (QED) is 0.898. The van der Waals surface area contributed by atoms with Gasteiger partial charge in [-0.1, -0.05) is 6.92 Å². The van der Waals surface area contributed by atoms with E-state index in [4.69, 9.17) is 0 Å². The molecule has 114 valence electrons. The first-order valence-corrected chi connectivity index (χ1v) is 6.96. The predicted molar refractivity (Wildman–Crippen MR) is 76.5 cm³/mol. The molecule has 1 saturated heterocycles. The van der Waals surface area contributed by atoms with Crippen LogP contribution in [0, 0.1) is 5.82 Å². The lowest BCUT2D eigenvalue weighted by Gasteiger charge is -2.32. The molecule has 0 aliphatic carbocycles. The van der Waals surface area contributed by atoms with Crippen molar-refractivity contribution in [1.82, 2.24) is 14.8 Å². The van der Waals surface area contributed by atoms with Crippen molar-refractivity contribution in [2.75, 3.05) is 38.5 Å². The van der Waals surface area contributed by atoms with E-state index in [2.05, 4.69) is 10.3 Å². The number of amides is 2. The summed E-state index contributed by atoms with van der Waals surface area (Å²) >= 11 is 0. The fourth-order valence-electron chi connectivity index (χ4n) is 2.08. The highest BCUT2D eigenvalue weighted by Crippen LogP contribution is 2.18. The fourth-order valence-corrected chi connectivity index (χ4v) is 2.08. The van der Waals surface area contributed by atoms with Crippen LogP contribution in [-0.2, 0) is 4.79 Å². The molecule has 1 aliphatic rings. The molecule has 0 aromatic carbocycles. The van der Waals surface area contributed by atoms with Gasteiger partial charge < -0.3 is 15.1 Å². The van der Waals surface area contributed by atoms with E-state index in [1.807, 2.05) is 6.92 Å². The van der Waals surface area contributed by atoms with Crippen LogP contribution >= 0.6 is 0 Å². The monoisotopic (exact) mass is 294 g/mol. The molecule has 21 heavy (non-hydrogen) atoms. The number of nitrogens with one attached hydrogen (secondary N) is 1. The minimum atomic E-state index is -0.665. The third kappa shape index (κ3) is 3.29. The molecule has 7 heteroatoms. The van der Waals surface area contributed by atoms with Gasteiger partial charge in [-0.15, -0.1) is 0 Å². The van der Waals surface area contributed by atoms with Crippen molar-refractivity contribution in [3.05, 3.63) is 23.6 Å². The van der Waals surface area contributed by atoms with Crippen molar-refractivity contribution >= 4 is 17.6 Å². The number of rotatable bonds is 4. The molecular formula is C14H19FN4O2. The Labute approximate surface area is 122 Å². The van der Waals surface area contributed by atoms with Crippen molar-refractivity contribution in [3.63, 3.8) is 0 Å². The lowest BCUT2D eigenvalue weighted by molar-refractivity contribution is -0.133. The summed E-state index contributed by atoms with van der Waals surface area (Å²) in [4.78, 5) is 30.8. The van der Waals surface area contributed by atoms with E-state index in [0.717, 1.165) is 6.42 Å². The van der Waals surface area contributed by atoms with Gasteiger partial charge in [0, 0.05) is 32.9 Å². The van der Waals surface area contributed by atoms with E-state index < -0.39 is 11.7 Å². The summed E-state index contributed by atoms with van der Waals surface area (Å²) in [7, 11) is 1.68. The first kappa shape index (κ1) is 15.2. The smallest absolute Gasteiger partial charge is 0.257 e. The van der Waals surface area contributed by atoms with E-state index in [-0.39, 0.29) is 23.8 Å². The summed E-state index contributed by atoms with van der Waals surface area (Å²) in [6, 6.07) is 1.34. The molecule has 0 radical (unpaired) electrons. The number of aromatic nitrogens is 1. The summed E-state index contributed by atoms with van der Waals surface area (Å²) in [5.74, 6) is -1.21. The normalized spacial score (nSPS) is 15.3. The minimum absolute atomic E-state index is 0.0190. The van der Waals surface area contributed by atoms with Crippen molar-refractivity contribution in [1.29, 1.82) is 0 Å². The summed E-state index contributed by atoms with van der Waals surface area (Å²) in [5, 5.41) is 2.84. The van der Waals surface area contributed by atoms with Crippen molar-refractivity contribution in [2.24, 2.45) is 0 Å². The molecule has 0 bridgehead atoms. The van der Waals surface area contributed by atoms with Crippen LogP contribution in [-0.4, -0.2) is 59.8 Å². The van der Waals surface area contributed by atoms with E-state index in [9.17, 15) is 14.0 Å². The first-order valence-electron chi connectivity index (χ1n) is 6.96. The lowest BCUT2D eigenvalue weighted by Crippen LogP contribution is -2.50. The average molecular weight is 294 g/mol. The van der Waals surface area contributed by atoms with Gasteiger partial charge >= 0.3 is 0 Å². The van der Waals surface area contributed by atoms with Crippen molar-refractivity contribution in [3.8, 4) is 0 Å². The molecule has 1 N–H and O–H groups in total. The van der Waals surface area contributed by atoms with Gasteiger partial charge in [0.2, 0.25) is 5.91 Å². The van der Waals surface area contributed by atoms with Gasteiger partial charge in [-0.25, -0.2) is 9.37 Å². The molecular weight excluding hydrogens is 275 g/mol. The number of halogens is 1. The van der Waals surface area contributed by atoms with Gasteiger partial charge in [-0.3, -0.25) is 9.59 Å². The Bertz CT molecular complexity index is 550. The number of hydrogen-bond acceptors (Lipinski definition) is 4. The Kier molecular flexibility index (Phi) is 4.72. The first-order chi connectivity index (χ1) is 10.0. The highest BCUT2D eigenvalue weighted by atomic mass is 19.1. The largest absolute Gasteiger partial charge is 0.368 e. The van der Waals surface area contributed by atoms with Gasteiger partial charge in [0.05, 0.1) is 5.56 Å². The Morgan fingerprint density at radius 3 is 2.90 bits per heavy atom. The van der Waals surface area contributed by atoms with E-state index in [0.29, 0.717) is 19.6 Å². The molecule has 0 unspecified atom stereocenters. The van der Waals surface area contributed by atoms with Crippen LogP contribution in [0.1, 0.15) is 23.7 Å². The fraction of sp³-hybridized carbons (Fsp3) is 0.500. The van der Waals surface area contributed by atoms with Crippen LogP contribution in [0.5, 0.6) is 0 Å². The minimum Gasteiger partial charge on any atom is -0.368 e. The third-order valence-electron chi connectivity index (χ3n) is 3.41. The number of piperazine rings is 1. The predicted octanol–water partition coefficient (Wildman–Crippen LogP) is 0.957. The standard InChI is InChI=1S/C14H19FN4O2/c1-3-5-16-13-12(15)10(4-6-17-13)14(21)19-8-7-18(2)11(20)9-19/h4,6H,3,5,7-9H2,1-2H3,(H,16,17). The third-order valence-corrected chi connectivity index (χ3v) is 3.41. The molecule has 1 aliphatic heterocycles. The second kappa shape index (κ2) is 6.51. The van der Waals surface area contributed by atoms with Gasteiger partial charge in [0.15, 0.2) is 11.6 Å². The zero-order chi connectivity index (χ0) is 15.4. The average Bonchev–Trinajstić information content (AvgIpc) is 2.48. The van der Waals surface area contributed by atoms with Gasteiger partial charge in [0.1, 0.15) is 6.54 Å². The zero-order valence-electron chi connectivity index (χ0n) is 12.2.